The second-order valence-corrected chi connectivity index (χ2v) is 30.4. The number of hydrogen-bond acceptors (Lipinski definition) is 15. The van der Waals surface area contributed by atoms with Crippen LogP contribution in [0.2, 0.25) is 0 Å². The van der Waals surface area contributed by atoms with Gasteiger partial charge in [0, 0.05) is 25.7 Å². The van der Waals surface area contributed by atoms with Crippen molar-refractivity contribution in [3.8, 4) is 0 Å². The zero-order chi connectivity index (χ0) is 69.1. The number of aliphatic hydroxyl groups is 1. The Balaban J connectivity index is 5.21. The van der Waals surface area contributed by atoms with Gasteiger partial charge in [0.25, 0.3) is 0 Å². The van der Waals surface area contributed by atoms with Crippen LogP contribution >= 0.6 is 15.6 Å². The van der Waals surface area contributed by atoms with E-state index in [1.807, 2.05) is 0 Å². The molecule has 19 heteroatoms. The van der Waals surface area contributed by atoms with E-state index in [1.165, 1.54) is 212 Å². The first-order chi connectivity index (χ1) is 45.5. The van der Waals surface area contributed by atoms with E-state index in [9.17, 15) is 43.2 Å². The van der Waals surface area contributed by atoms with Crippen molar-refractivity contribution >= 4 is 39.5 Å². The van der Waals surface area contributed by atoms with Crippen LogP contribution in [0.5, 0.6) is 0 Å². The number of aliphatic hydroxyl groups excluding tert-OH is 1. The summed E-state index contributed by atoms with van der Waals surface area (Å²) in [6, 6.07) is 0. The van der Waals surface area contributed by atoms with Gasteiger partial charge in [-0.25, -0.2) is 9.13 Å². The zero-order valence-electron chi connectivity index (χ0n) is 61.1. The Labute approximate surface area is 575 Å². The minimum Gasteiger partial charge on any atom is -0.462 e. The molecular formula is C75H146O17P2. The van der Waals surface area contributed by atoms with Crippen molar-refractivity contribution in [2.75, 3.05) is 39.6 Å². The molecule has 0 aliphatic heterocycles. The van der Waals surface area contributed by atoms with E-state index in [1.54, 1.807) is 0 Å². The maximum atomic E-state index is 13.1. The van der Waals surface area contributed by atoms with Crippen LogP contribution in [-0.4, -0.2) is 96.7 Å². The van der Waals surface area contributed by atoms with Crippen LogP contribution < -0.4 is 0 Å². The lowest BCUT2D eigenvalue weighted by Crippen LogP contribution is -2.30. The summed E-state index contributed by atoms with van der Waals surface area (Å²) in [6.07, 6.45) is 56.8. The highest BCUT2D eigenvalue weighted by atomic mass is 31.2. The van der Waals surface area contributed by atoms with Crippen molar-refractivity contribution in [2.45, 2.75) is 412 Å². The molecule has 3 N–H and O–H groups in total. The molecule has 0 amide bonds. The molecule has 0 aromatic carbocycles. The summed E-state index contributed by atoms with van der Waals surface area (Å²) in [5.74, 6) is -1.31. The molecule has 5 atom stereocenters. The Morgan fingerprint density at radius 2 is 0.489 bits per heavy atom. The lowest BCUT2D eigenvalue weighted by molar-refractivity contribution is -0.161. The predicted octanol–water partition coefficient (Wildman–Crippen LogP) is 22.1. The Kier molecular flexibility index (Phi) is 66.8. The van der Waals surface area contributed by atoms with Gasteiger partial charge in [-0.2, -0.15) is 0 Å². The summed E-state index contributed by atoms with van der Waals surface area (Å²) in [7, 11) is -9.90. The Bertz CT molecular complexity index is 1810. The third kappa shape index (κ3) is 68.6. The molecule has 0 aliphatic rings. The van der Waals surface area contributed by atoms with Crippen LogP contribution in [0.3, 0.4) is 0 Å². The molecule has 0 aromatic rings. The van der Waals surface area contributed by atoms with Gasteiger partial charge in [0.05, 0.1) is 26.4 Å². The van der Waals surface area contributed by atoms with E-state index in [4.69, 9.17) is 37.0 Å². The fourth-order valence-corrected chi connectivity index (χ4v) is 13.1. The summed E-state index contributed by atoms with van der Waals surface area (Å²) in [5.41, 5.74) is 0. The first kappa shape index (κ1) is 92.1. The smallest absolute Gasteiger partial charge is 0.462 e. The summed E-state index contributed by atoms with van der Waals surface area (Å²) >= 11 is 0. The fourth-order valence-electron chi connectivity index (χ4n) is 11.5. The van der Waals surface area contributed by atoms with Crippen LogP contribution in [0, 0.1) is 5.92 Å². The van der Waals surface area contributed by atoms with Crippen LogP contribution in [-0.2, 0) is 65.4 Å². The first-order valence-electron chi connectivity index (χ1n) is 39.1. The second kappa shape index (κ2) is 68.2. The van der Waals surface area contributed by atoms with E-state index in [2.05, 4.69) is 34.6 Å². The number of phosphoric ester groups is 2. The van der Waals surface area contributed by atoms with E-state index in [-0.39, 0.29) is 25.7 Å². The average molecular weight is 1380 g/mol. The van der Waals surface area contributed by atoms with Crippen molar-refractivity contribution < 1.29 is 80.2 Å². The van der Waals surface area contributed by atoms with Gasteiger partial charge in [0.1, 0.15) is 19.3 Å². The van der Waals surface area contributed by atoms with Crippen LogP contribution in [0.25, 0.3) is 0 Å². The summed E-state index contributed by atoms with van der Waals surface area (Å²) in [4.78, 5) is 72.7. The summed E-state index contributed by atoms with van der Waals surface area (Å²) in [5, 5.41) is 10.6. The highest BCUT2D eigenvalue weighted by Crippen LogP contribution is 2.45. The van der Waals surface area contributed by atoms with Gasteiger partial charge in [-0.15, -0.1) is 0 Å². The Hall–Kier alpha value is -1.94. The molecule has 17 nitrogen and oxygen atoms in total. The van der Waals surface area contributed by atoms with Gasteiger partial charge in [0.15, 0.2) is 12.2 Å². The predicted molar refractivity (Wildman–Crippen MR) is 382 cm³/mol. The topological polar surface area (TPSA) is 237 Å². The molecule has 0 spiro atoms. The highest BCUT2D eigenvalue weighted by molar-refractivity contribution is 7.47. The molecule has 0 aliphatic carbocycles. The van der Waals surface area contributed by atoms with Gasteiger partial charge in [-0.1, -0.05) is 343 Å². The molecule has 0 radical (unpaired) electrons. The monoisotopic (exact) mass is 1380 g/mol. The highest BCUT2D eigenvalue weighted by Gasteiger charge is 2.30. The average Bonchev–Trinajstić information content (AvgIpc) is 1.09. The molecule has 0 bridgehead atoms. The second-order valence-electron chi connectivity index (χ2n) is 27.5. The lowest BCUT2D eigenvalue weighted by Gasteiger charge is -2.21. The molecule has 0 saturated heterocycles. The number of phosphoric acid groups is 2. The van der Waals surface area contributed by atoms with Gasteiger partial charge in [-0.05, 0) is 31.6 Å². The summed E-state index contributed by atoms with van der Waals surface area (Å²) in [6.45, 7) is 7.29. The third-order valence-electron chi connectivity index (χ3n) is 17.5. The molecule has 2 unspecified atom stereocenters. The minimum absolute atomic E-state index is 0.107. The van der Waals surface area contributed by atoms with Crippen molar-refractivity contribution in [3.05, 3.63) is 0 Å². The van der Waals surface area contributed by atoms with E-state index < -0.39 is 97.5 Å². The quantitative estimate of drug-likeness (QED) is 0.0222. The van der Waals surface area contributed by atoms with Gasteiger partial charge in [-0.3, -0.25) is 37.3 Å². The molecular weight excluding hydrogens is 1230 g/mol. The van der Waals surface area contributed by atoms with Gasteiger partial charge in [0.2, 0.25) is 0 Å². The molecule has 0 fully saturated rings. The molecule has 94 heavy (non-hydrogen) atoms. The normalized spacial score (nSPS) is 14.0. The number of esters is 4. The minimum atomic E-state index is -4.96. The van der Waals surface area contributed by atoms with Crippen molar-refractivity contribution in [3.63, 3.8) is 0 Å². The van der Waals surface area contributed by atoms with Crippen molar-refractivity contribution in [2.24, 2.45) is 5.92 Å². The number of hydrogen-bond donors (Lipinski definition) is 3. The standard InChI is InChI=1S/C75H146O17P2/c1-6-9-12-15-18-21-23-25-26-29-32-36-39-44-49-54-59-73(78)86-65-71(92-75(80)61-56-51-46-41-37-33-30-27-28-31-34-38-42-47-52-57-68(4)5)67-90-94(83,84)88-63-69(76)62-87-93(81,82)89-66-70(64-85-72(77)58-53-48-43-20-17-14-11-8-3)91-74(79)60-55-50-45-40-35-24-22-19-16-13-10-7-2/h68-71,76H,6-67H2,1-5H3,(H,81,82)(H,83,84)/t69-,70+,71+/m0/s1. The number of rotatable bonds is 75. The molecule has 558 valence electrons. The maximum Gasteiger partial charge on any atom is 0.472 e. The van der Waals surface area contributed by atoms with Crippen LogP contribution in [0.4, 0.5) is 0 Å². The molecule has 0 heterocycles. The zero-order valence-corrected chi connectivity index (χ0v) is 62.9. The van der Waals surface area contributed by atoms with E-state index in [0.29, 0.717) is 25.7 Å². The number of carbonyl (C=O) groups excluding carboxylic acids is 4. The summed E-state index contributed by atoms with van der Waals surface area (Å²) < 4.78 is 68.4. The molecule has 0 rings (SSSR count). The molecule has 0 saturated carbocycles. The van der Waals surface area contributed by atoms with Crippen LogP contribution in [0.15, 0.2) is 0 Å². The number of unbranched alkanes of at least 4 members (excludes halogenated alkanes) is 47. The fraction of sp³-hybridized carbons (Fsp3) is 0.947. The Morgan fingerprint density at radius 1 is 0.287 bits per heavy atom. The van der Waals surface area contributed by atoms with E-state index >= 15 is 0 Å². The largest absolute Gasteiger partial charge is 0.472 e. The van der Waals surface area contributed by atoms with Gasteiger partial charge >= 0.3 is 39.5 Å². The maximum absolute atomic E-state index is 13.1. The van der Waals surface area contributed by atoms with Crippen molar-refractivity contribution in [1.82, 2.24) is 0 Å². The number of carbonyl (C=O) groups is 4. The molecule has 0 aromatic heterocycles. The lowest BCUT2D eigenvalue weighted by atomic mass is 10.0. The van der Waals surface area contributed by atoms with Gasteiger partial charge < -0.3 is 33.8 Å². The van der Waals surface area contributed by atoms with Crippen molar-refractivity contribution in [1.29, 1.82) is 0 Å². The number of ether oxygens (including phenoxy) is 4. The van der Waals surface area contributed by atoms with E-state index in [0.717, 1.165) is 102 Å². The Morgan fingerprint density at radius 3 is 0.723 bits per heavy atom. The van der Waals surface area contributed by atoms with Crippen LogP contribution in [0.1, 0.15) is 394 Å². The first-order valence-corrected chi connectivity index (χ1v) is 42.1. The third-order valence-corrected chi connectivity index (χ3v) is 19.4. The SMILES string of the molecule is CCCCCCCCCCCCCCCCCCC(=O)OC[C@H](COP(=O)(O)OC[C@@H](O)COP(=O)(O)OC[C@@H](COC(=O)CCCCCCCCCC)OC(=O)CCCCCCCCCCCCCC)OC(=O)CCCCCCCCCCCCCCCCCC(C)C.